The molecule has 3 heterocycles. The number of aromatic nitrogens is 2. The van der Waals surface area contributed by atoms with Gasteiger partial charge in [0.2, 0.25) is 5.82 Å². The molecule has 2 aromatic heterocycles. The Balaban J connectivity index is 1.52. The predicted octanol–water partition coefficient (Wildman–Crippen LogP) is 4.08. The van der Waals surface area contributed by atoms with E-state index in [0.717, 1.165) is 21.1 Å². The molecule has 5 nitrogen and oxygen atoms in total. The van der Waals surface area contributed by atoms with Gasteiger partial charge in [0.15, 0.2) is 0 Å². The summed E-state index contributed by atoms with van der Waals surface area (Å²) in [7, 11) is 1.63. The number of aromatic amines is 1. The van der Waals surface area contributed by atoms with E-state index in [4.69, 9.17) is 4.74 Å². The summed E-state index contributed by atoms with van der Waals surface area (Å²) in [6, 6.07) is 11.8. The summed E-state index contributed by atoms with van der Waals surface area (Å²) in [4.78, 5) is 21.9. The summed E-state index contributed by atoms with van der Waals surface area (Å²) in [6.45, 7) is 1.43. The second-order valence-electron chi connectivity index (χ2n) is 6.76. The monoisotopic (exact) mass is 421 g/mol. The number of fused-ring (bicyclic) bond motifs is 1. The number of nitrogens with one attached hydrogen (secondary N) is 1. The molecule has 0 spiro atoms. The highest BCUT2D eigenvalue weighted by molar-refractivity contribution is 7.15. The molecule has 1 N–H and O–H groups in total. The second kappa shape index (κ2) is 7.64. The van der Waals surface area contributed by atoms with Crippen LogP contribution in [0.15, 0.2) is 41.2 Å². The first-order chi connectivity index (χ1) is 13.8. The molecule has 0 unspecified atom stereocenters. The third kappa shape index (κ3) is 4.06. The van der Waals surface area contributed by atoms with Crippen molar-refractivity contribution in [2.24, 2.45) is 0 Å². The third-order valence-electron chi connectivity index (χ3n) is 4.83. The van der Waals surface area contributed by atoms with Crippen molar-refractivity contribution in [1.82, 2.24) is 14.9 Å². The number of rotatable bonds is 4. The lowest BCUT2D eigenvalue weighted by atomic mass is 10.1. The van der Waals surface area contributed by atoms with Gasteiger partial charge in [-0.1, -0.05) is 12.1 Å². The highest BCUT2D eigenvalue weighted by atomic mass is 32.1. The van der Waals surface area contributed by atoms with Crippen LogP contribution in [-0.2, 0) is 25.7 Å². The van der Waals surface area contributed by atoms with Crippen LogP contribution in [0.25, 0.3) is 10.4 Å². The minimum absolute atomic E-state index is 0.234. The van der Waals surface area contributed by atoms with Crippen LogP contribution in [0.3, 0.4) is 0 Å². The van der Waals surface area contributed by atoms with E-state index in [1.807, 2.05) is 46.3 Å². The Kier molecular flexibility index (Phi) is 5.18. The van der Waals surface area contributed by atoms with Gasteiger partial charge in [-0.3, -0.25) is 9.69 Å². The van der Waals surface area contributed by atoms with Crippen molar-refractivity contribution in [2.45, 2.75) is 25.7 Å². The highest BCUT2D eigenvalue weighted by Gasteiger charge is 2.36. The average molecular weight is 421 g/mol. The van der Waals surface area contributed by atoms with Crippen molar-refractivity contribution >= 4 is 11.3 Å². The summed E-state index contributed by atoms with van der Waals surface area (Å²) in [5.41, 5.74) is 0.840. The third-order valence-corrected chi connectivity index (χ3v) is 5.93. The fraction of sp³-hybridized carbons (Fsp3) is 0.300. The number of ether oxygens (including phenoxy) is 1. The quantitative estimate of drug-likeness (QED) is 0.690. The van der Waals surface area contributed by atoms with Crippen molar-refractivity contribution in [2.75, 3.05) is 13.7 Å². The molecule has 1 aliphatic heterocycles. The normalized spacial score (nSPS) is 14.6. The molecule has 1 aromatic carbocycles. The molecule has 0 radical (unpaired) electrons. The van der Waals surface area contributed by atoms with Crippen LogP contribution in [0.1, 0.15) is 22.0 Å². The number of hydrogen-bond acceptors (Lipinski definition) is 5. The van der Waals surface area contributed by atoms with Gasteiger partial charge in [-0.2, -0.15) is 13.2 Å². The van der Waals surface area contributed by atoms with Gasteiger partial charge in [-0.05, 0) is 24.3 Å². The number of alkyl halides is 3. The Morgan fingerprint density at radius 3 is 2.79 bits per heavy atom. The van der Waals surface area contributed by atoms with Crippen LogP contribution in [0.5, 0.6) is 5.75 Å². The van der Waals surface area contributed by atoms with E-state index >= 15 is 0 Å². The predicted molar refractivity (Wildman–Crippen MR) is 104 cm³/mol. The first-order valence-corrected chi connectivity index (χ1v) is 9.80. The van der Waals surface area contributed by atoms with Gasteiger partial charge in [0.1, 0.15) is 5.75 Å². The molecular weight excluding hydrogens is 403 g/mol. The van der Waals surface area contributed by atoms with Crippen LogP contribution in [0.2, 0.25) is 0 Å². The van der Waals surface area contributed by atoms with Crippen LogP contribution < -0.4 is 10.3 Å². The van der Waals surface area contributed by atoms with Crippen LogP contribution >= 0.6 is 11.3 Å². The van der Waals surface area contributed by atoms with Gasteiger partial charge in [-0.25, -0.2) is 4.98 Å². The van der Waals surface area contributed by atoms with E-state index in [1.165, 1.54) is 0 Å². The summed E-state index contributed by atoms with van der Waals surface area (Å²) in [6.07, 6.45) is -4.34. The molecule has 0 atom stereocenters. The zero-order chi connectivity index (χ0) is 20.6. The standard InChI is InChI=1S/C20H18F3N3O2S/c1-28-16-5-3-2-4-13(16)17-7-6-12(29-17)10-26-9-8-15-14(11-26)18(27)25-19(24-15)20(21,22)23/h2-7H,8-11H2,1H3,(H,24,25,27). The molecule has 9 heteroatoms. The lowest BCUT2D eigenvalue weighted by Crippen LogP contribution is -2.36. The van der Waals surface area contributed by atoms with Crippen molar-refractivity contribution in [3.63, 3.8) is 0 Å². The maximum Gasteiger partial charge on any atom is 0.449 e. The lowest BCUT2D eigenvalue weighted by Gasteiger charge is -2.27. The van der Waals surface area contributed by atoms with E-state index in [2.05, 4.69) is 4.98 Å². The van der Waals surface area contributed by atoms with Gasteiger partial charge < -0.3 is 9.72 Å². The SMILES string of the molecule is COc1ccccc1-c1ccc(CN2CCc3nc(C(F)(F)F)[nH]c(=O)c3C2)s1. The van der Waals surface area contributed by atoms with Gasteiger partial charge in [0.05, 0.1) is 18.4 Å². The van der Waals surface area contributed by atoms with Crippen molar-refractivity contribution in [3.05, 3.63) is 68.7 Å². The van der Waals surface area contributed by atoms with Crippen molar-refractivity contribution in [1.29, 1.82) is 0 Å². The molecule has 0 fully saturated rings. The summed E-state index contributed by atoms with van der Waals surface area (Å²) in [5, 5.41) is 0. The number of thiophene rings is 1. The Morgan fingerprint density at radius 1 is 1.24 bits per heavy atom. The number of halogens is 3. The summed E-state index contributed by atoms with van der Waals surface area (Å²) >= 11 is 1.63. The van der Waals surface area contributed by atoms with Crippen LogP contribution in [-0.4, -0.2) is 28.5 Å². The van der Waals surface area contributed by atoms with E-state index in [-0.39, 0.29) is 12.2 Å². The largest absolute Gasteiger partial charge is 0.496 e. The summed E-state index contributed by atoms with van der Waals surface area (Å²) in [5.74, 6) is -0.430. The molecule has 0 bridgehead atoms. The van der Waals surface area contributed by atoms with Crippen LogP contribution in [0, 0.1) is 0 Å². The van der Waals surface area contributed by atoms with E-state index < -0.39 is 17.6 Å². The number of para-hydroxylation sites is 1. The van der Waals surface area contributed by atoms with Crippen molar-refractivity contribution < 1.29 is 17.9 Å². The summed E-state index contributed by atoms with van der Waals surface area (Å²) < 4.78 is 44.0. The molecule has 29 heavy (non-hydrogen) atoms. The topological polar surface area (TPSA) is 58.2 Å². The number of benzene rings is 1. The molecule has 152 valence electrons. The molecule has 4 rings (SSSR count). The van der Waals surface area contributed by atoms with Gasteiger partial charge >= 0.3 is 6.18 Å². The lowest BCUT2D eigenvalue weighted by molar-refractivity contribution is -0.145. The fourth-order valence-corrected chi connectivity index (χ4v) is 4.51. The smallest absolute Gasteiger partial charge is 0.449 e. The molecule has 0 saturated carbocycles. The van der Waals surface area contributed by atoms with Crippen molar-refractivity contribution in [3.8, 4) is 16.2 Å². The van der Waals surface area contributed by atoms with E-state index in [9.17, 15) is 18.0 Å². The van der Waals surface area contributed by atoms with Gasteiger partial charge in [0.25, 0.3) is 5.56 Å². The Hall–Kier alpha value is -2.65. The highest BCUT2D eigenvalue weighted by Crippen LogP contribution is 2.35. The average Bonchev–Trinajstić information content (AvgIpc) is 3.16. The van der Waals surface area contributed by atoms with Gasteiger partial charge in [0, 0.05) is 41.4 Å². The zero-order valence-electron chi connectivity index (χ0n) is 15.5. The van der Waals surface area contributed by atoms with E-state index in [1.54, 1.807) is 18.4 Å². The molecule has 3 aromatic rings. The maximum atomic E-state index is 12.8. The maximum absolute atomic E-state index is 12.8. The fourth-order valence-electron chi connectivity index (χ4n) is 3.43. The molecule has 0 aliphatic carbocycles. The molecule has 0 saturated heterocycles. The first-order valence-electron chi connectivity index (χ1n) is 8.99. The Morgan fingerprint density at radius 2 is 2.03 bits per heavy atom. The van der Waals surface area contributed by atoms with E-state index in [0.29, 0.717) is 25.1 Å². The number of hydrogen-bond donors (Lipinski definition) is 1. The van der Waals surface area contributed by atoms with Crippen LogP contribution in [0.4, 0.5) is 13.2 Å². The zero-order valence-corrected chi connectivity index (χ0v) is 16.4. The second-order valence-corrected chi connectivity index (χ2v) is 7.93. The molecule has 1 aliphatic rings. The van der Waals surface area contributed by atoms with Gasteiger partial charge in [-0.15, -0.1) is 11.3 Å². The number of H-pyrrole nitrogens is 1. The number of methoxy groups -OCH3 is 1. The molecule has 0 amide bonds. The minimum atomic E-state index is -4.66. The molecular formula is C20H18F3N3O2S. The Bertz CT molecular complexity index is 1090. The number of nitrogens with zero attached hydrogens (tertiary/aromatic N) is 2. The minimum Gasteiger partial charge on any atom is -0.496 e. The Labute approximate surface area is 168 Å². The first kappa shape index (κ1) is 19.7.